The molecule has 102 valence electrons. The van der Waals surface area contributed by atoms with E-state index in [4.69, 9.17) is 30.9 Å². The molecule has 0 saturated carbocycles. The first-order valence-electron chi connectivity index (χ1n) is 5.47. The monoisotopic (exact) mass is 286 g/mol. The quantitative estimate of drug-likeness (QED) is 0.849. The van der Waals surface area contributed by atoms with Gasteiger partial charge in [-0.25, -0.2) is 9.59 Å². The van der Waals surface area contributed by atoms with Crippen LogP contribution in [0.2, 0.25) is 5.02 Å². The van der Waals surface area contributed by atoms with Crippen molar-refractivity contribution in [2.24, 2.45) is 0 Å². The minimum Gasteiger partial charge on any atom is -0.493 e. The molecule has 1 unspecified atom stereocenters. The van der Waals surface area contributed by atoms with Crippen molar-refractivity contribution in [2.45, 2.75) is 12.5 Å². The van der Waals surface area contributed by atoms with Crippen molar-refractivity contribution in [3.8, 4) is 11.5 Å². The van der Waals surface area contributed by atoms with Crippen molar-refractivity contribution in [1.29, 1.82) is 0 Å². The van der Waals surface area contributed by atoms with E-state index in [1.165, 1.54) is 19.2 Å². The molecule has 1 aromatic rings. The van der Waals surface area contributed by atoms with Gasteiger partial charge in [-0.15, -0.1) is 0 Å². The number of carboxylic acid groups (broad SMARTS) is 1. The minimum absolute atomic E-state index is 0.0248. The number of hydrogen-bond acceptors (Lipinski definition) is 5. The van der Waals surface area contributed by atoms with E-state index >= 15 is 0 Å². The summed E-state index contributed by atoms with van der Waals surface area (Å²) < 4.78 is 15.2. The maximum atomic E-state index is 11.4. The molecule has 1 heterocycles. The highest BCUT2D eigenvalue weighted by Crippen LogP contribution is 2.36. The number of cyclic esters (lactones) is 1. The fourth-order valence-electron chi connectivity index (χ4n) is 1.73. The fourth-order valence-corrected chi connectivity index (χ4v) is 1.94. The highest BCUT2D eigenvalue weighted by Gasteiger charge is 2.31. The van der Waals surface area contributed by atoms with Gasteiger partial charge in [0.05, 0.1) is 13.7 Å². The van der Waals surface area contributed by atoms with Gasteiger partial charge < -0.3 is 19.3 Å². The Morgan fingerprint density at radius 2 is 2.26 bits per heavy atom. The summed E-state index contributed by atoms with van der Waals surface area (Å²) in [4.78, 5) is 22.6. The first-order valence-corrected chi connectivity index (χ1v) is 5.85. The van der Waals surface area contributed by atoms with E-state index in [1.807, 2.05) is 0 Å². The third-order valence-corrected chi connectivity index (χ3v) is 2.84. The summed E-state index contributed by atoms with van der Waals surface area (Å²) in [6, 6.07) is 2.66. The Morgan fingerprint density at radius 3 is 2.79 bits per heavy atom. The lowest BCUT2D eigenvalue weighted by molar-refractivity contribution is -0.143. The van der Waals surface area contributed by atoms with Crippen molar-refractivity contribution in [3.05, 3.63) is 22.7 Å². The lowest BCUT2D eigenvalue weighted by Gasteiger charge is -2.16. The van der Waals surface area contributed by atoms with Crippen LogP contribution in [0.3, 0.4) is 0 Å². The predicted octanol–water partition coefficient (Wildman–Crippen LogP) is 1.74. The summed E-state index contributed by atoms with van der Waals surface area (Å²) in [5.74, 6) is -1.61. The summed E-state index contributed by atoms with van der Waals surface area (Å²) in [6.07, 6.45) is -0.461. The Balaban J connectivity index is 2.41. The van der Waals surface area contributed by atoms with Crippen molar-refractivity contribution in [3.63, 3.8) is 0 Å². The number of carbonyl (C=O) groups excluding carboxylic acids is 1. The standard InChI is InChI=1S/C12H11ClO6/c1-17-9-5-6(13)4-7(11(14)15)10(9)19-8-2-3-18-12(8)16/h4-5,8H,2-3H2,1H3,(H,14,15). The molecule has 0 radical (unpaired) electrons. The predicted molar refractivity (Wildman–Crippen MR) is 65.0 cm³/mol. The van der Waals surface area contributed by atoms with Gasteiger partial charge in [0.15, 0.2) is 17.6 Å². The van der Waals surface area contributed by atoms with Crippen LogP contribution in [0.25, 0.3) is 0 Å². The van der Waals surface area contributed by atoms with Gasteiger partial charge in [-0.2, -0.15) is 0 Å². The smallest absolute Gasteiger partial charge is 0.347 e. The van der Waals surface area contributed by atoms with E-state index in [9.17, 15) is 9.59 Å². The molecule has 7 heteroatoms. The number of benzene rings is 1. The third-order valence-electron chi connectivity index (χ3n) is 2.62. The lowest BCUT2D eigenvalue weighted by Crippen LogP contribution is -2.23. The Labute approximate surface area is 113 Å². The molecule has 1 aliphatic heterocycles. The maximum Gasteiger partial charge on any atom is 0.347 e. The Bertz CT molecular complexity index is 527. The first-order chi connectivity index (χ1) is 9.02. The van der Waals surface area contributed by atoms with Crippen LogP contribution < -0.4 is 9.47 Å². The number of methoxy groups -OCH3 is 1. The summed E-state index contributed by atoms with van der Waals surface area (Å²) >= 11 is 5.80. The first kappa shape index (κ1) is 13.5. The number of esters is 1. The normalized spacial score (nSPS) is 18.0. The van der Waals surface area contributed by atoms with Crippen LogP contribution in [0.1, 0.15) is 16.8 Å². The maximum absolute atomic E-state index is 11.4. The zero-order chi connectivity index (χ0) is 14.0. The van der Waals surface area contributed by atoms with Crippen LogP contribution in [0, 0.1) is 0 Å². The third kappa shape index (κ3) is 2.73. The number of halogens is 1. The van der Waals surface area contributed by atoms with Gasteiger partial charge in [-0.1, -0.05) is 11.6 Å². The van der Waals surface area contributed by atoms with Crippen molar-refractivity contribution in [2.75, 3.05) is 13.7 Å². The van der Waals surface area contributed by atoms with Crippen LogP contribution in [0.4, 0.5) is 0 Å². The second-order valence-corrected chi connectivity index (χ2v) is 4.29. The van der Waals surface area contributed by atoms with Crippen molar-refractivity contribution < 1.29 is 28.9 Å². The molecule has 1 fully saturated rings. The molecule has 1 saturated heterocycles. The molecule has 1 aromatic carbocycles. The molecule has 1 atom stereocenters. The zero-order valence-corrected chi connectivity index (χ0v) is 10.8. The molecule has 0 aliphatic carbocycles. The van der Waals surface area contributed by atoms with Crippen LogP contribution in [0.15, 0.2) is 12.1 Å². The summed E-state index contributed by atoms with van der Waals surface area (Å²) in [5.41, 5.74) is -0.163. The van der Waals surface area contributed by atoms with Gasteiger partial charge in [0, 0.05) is 17.5 Å². The van der Waals surface area contributed by atoms with Gasteiger partial charge >= 0.3 is 11.9 Å². The van der Waals surface area contributed by atoms with E-state index in [0.29, 0.717) is 6.42 Å². The molecule has 1 aliphatic rings. The van der Waals surface area contributed by atoms with Crippen LogP contribution in [0.5, 0.6) is 11.5 Å². The Hall–Kier alpha value is -1.95. The molecule has 1 N–H and O–H groups in total. The average molecular weight is 287 g/mol. The van der Waals surface area contributed by atoms with E-state index in [2.05, 4.69) is 0 Å². The average Bonchev–Trinajstić information content (AvgIpc) is 2.76. The van der Waals surface area contributed by atoms with E-state index in [0.717, 1.165) is 0 Å². The number of carbonyl (C=O) groups is 2. The molecular weight excluding hydrogens is 276 g/mol. The number of rotatable bonds is 4. The van der Waals surface area contributed by atoms with Gasteiger partial charge in [-0.05, 0) is 6.07 Å². The van der Waals surface area contributed by atoms with Gasteiger partial charge in [0.2, 0.25) is 0 Å². The summed E-state index contributed by atoms with van der Waals surface area (Å²) in [7, 11) is 1.36. The SMILES string of the molecule is COc1cc(Cl)cc(C(=O)O)c1OC1CCOC1=O. The molecule has 0 bridgehead atoms. The van der Waals surface area contributed by atoms with Gasteiger partial charge in [0.25, 0.3) is 0 Å². The van der Waals surface area contributed by atoms with E-state index in [-0.39, 0.29) is 28.7 Å². The second kappa shape index (κ2) is 5.36. The molecule has 0 aromatic heterocycles. The molecule has 0 amide bonds. The summed E-state index contributed by atoms with van der Waals surface area (Å²) in [6.45, 7) is 0.252. The van der Waals surface area contributed by atoms with E-state index in [1.54, 1.807) is 0 Å². The topological polar surface area (TPSA) is 82.1 Å². The highest BCUT2D eigenvalue weighted by molar-refractivity contribution is 6.31. The lowest BCUT2D eigenvalue weighted by atomic mass is 10.1. The molecule has 2 rings (SSSR count). The van der Waals surface area contributed by atoms with Crippen LogP contribution in [-0.4, -0.2) is 36.9 Å². The number of ether oxygens (including phenoxy) is 3. The number of hydrogen-bond donors (Lipinski definition) is 1. The molecule has 19 heavy (non-hydrogen) atoms. The Morgan fingerprint density at radius 1 is 1.53 bits per heavy atom. The number of carboxylic acids is 1. The molecular formula is C12H11ClO6. The molecule has 0 spiro atoms. The van der Waals surface area contributed by atoms with Gasteiger partial charge in [-0.3, -0.25) is 0 Å². The molecule has 6 nitrogen and oxygen atoms in total. The van der Waals surface area contributed by atoms with Gasteiger partial charge in [0.1, 0.15) is 5.56 Å². The zero-order valence-electron chi connectivity index (χ0n) is 10.0. The van der Waals surface area contributed by atoms with E-state index < -0.39 is 18.0 Å². The largest absolute Gasteiger partial charge is 0.493 e. The van der Waals surface area contributed by atoms with Crippen LogP contribution >= 0.6 is 11.6 Å². The Kier molecular flexibility index (Phi) is 3.80. The summed E-state index contributed by atoms with van der Waals surface area (Å²) in [5, 5.41) is 9.34. The van der Waals surface area contributed by atoms with Crippen molar-refractivity contribution in [1.82, 2.24) is 0 Å². The fraction of sp³-hybridized carbons (Fsp3) is 0.333. The highest BCUT2D eigenvalue weighted by atomic mass is 35.5. The van der Waals surface area contributed by atoms with Crippen molar-refractivity contribution >= 4 is 23.5 Å². The van der Waals surface area contributed by atoms with Crippen LogP contribution in [-0.2, 0) is 9.53 Å². The number of aromatic carboxylic acids is 1. The minimum atomic E-state index is -1.22. The second-order valence-electron chi connectivity index (χ2n) is 3.85.